The summed E-state index contributed by atoms with van der Waals surface area (Å²) in [5.74, 6) is 3.28. The van der Waals surface area contributed by atoms with Crippen LogP contribution in [0.15, 0.2) is 231 Å². The van der Waals surface area contributed by atoms with Crippen molar-refractivity contribution in [3.8, 4) is 68.0 Å². The van der Waals surface area contributed by atoms with Crippen LogP contribution in [0.4, 0.5) is 17.1 Å². The lowest BCUT2D eigenvalue weighted by molar-refractivity contribution is 0.457. The van der Waals surface area contributed by atoms with Crippen molar-refractivity contribution in [3.63, 3.8) is 0 Å². The first kappa shape index (κ1) is 41.3. The van der Waals surface area contributed by atoms with Gasteiger partial charge >= 0.3 is 0 Å². The van der Waals surface area contributed by atoms with Gasteiger partial charge in [0.25, 0.3) is 0 Å². The van der Waals surface area contributed by atoms with E-state index in [1.54, 1.807) is 0 Å². The molecule has 9 aromatic carbocycles. The summed E-state index contributed by atoms with van der Waals surface area (Å²) in [7, 11) is 0. The Hall–Kier alpha value is -8.18. The van der Waals surface area contributed by atoms with Crippen molar-refractivity contribution in [2.75, 3.05) is 4.90 Å². The fourth-order valence-corrected chi connectivity index (χ4v) is 11.9. The van der Waals surface area contributed by atoms with Crippen LogP contribution in [0.25, 0.3) is 55.6 Å². The Kier molecular flexibility index (Phi) is 9.89. The summed E-state index contributed by atoms with van der Waals surface area (Å²) in [4.78, 5) is 2.48. The molecule has 3 aliphatic carbocycles. The van der Waals surface area contributed by atoms with E-state index >= 15 is 0 Å². The summed E-state index contributed by atoms with van der Waals surface area (Å²) in [6.45, 7) is 6.88. The Bertz CT molecular complexity index is 3520. The number of allylic oxidation sites excluding steroid dienone is 4. The van der Waals surface area contributed by atoms with Crippen LogP contribution in [-0.2, 0) is 10.8 Å². The second-order valence-corrected chi connectivity index (χ2v) is 19.2. The smallest absolute Gasteiger partial charge is 0.0529 e. The average Bonchev–Trinajstić information content (AvgIpc) is 3.82. The maximum absolute atomic E-state index is 6.24. The quantitative estimate of drug-likeness (QED) is 0.138. The van der Waals surface area contributed by atoms with Crippen LogP contribution < -0.4 is 4.90 Å². The summed E-state index contributed by atoms with van der Waals surface area (Å²) in [5, 5.41) is 0. The lowest BCUT2D eigenvalue weighted by atomic mass is 9.62. The Morgan fingerprint density at radius 1 is 0.456 bits per heavy atom. The zero-order valence-electron chi connectivity index (χ0n) is 38.7. The maximum Gasteiger partial charge on any atom is 0.0529 e. The highest BCUT2D eigenvalue weighted by molar-refractivity contribution is 5.90. The van der Waals surface area contributed by atoms with Crippen molar-refractivity contribution < 1.29 is 0 Å². The van der Waals surface area contributed by atoms with E-state index < -0.39 is 0 Å². The molecule has 0 radical (unpaired) electrons. The van der Waals surface area contributed by atoms with Gasteiger partial charge in [0.05, 0.1) is 5.41 Å². The Balaban J connectivity index is 0.981. The zero-order chi connectivity index (χ0) is 46.0. The van der Waals surface area contributed by atoms with Crippen LogP contribution in [0.1, 0.15) is 59.2 Å². The largest absolute Gasteiger partial charge is 0.310 e. The van der Waals surface area contributed by atoms with Gasteiger partial charge in [-0.1, -0.05) is 214 Å². The molecule has 0 saturated carbocycles. The molecule has 0 aliphatic heterocycles. The second-order valence-electron chi connectivity index (χ2n) is 19.2. The van der Waals surface area contributed by atoms with Gasteiger partial charge < -0.3 is 4.90 Å². The predicted octanol–water partition coefficient (Wildman–Crippen LogP) is 17.2. The molecule has 0 saturated heterocycles. The molecule has 2 atom stereocenters. The molecule has 0 bridgehead atoms. The van der Waals surface area contributed by atoms with E-state index in [1.807, 2.05) is 0 Å². The number of aryl methyl sites for hydroxylation is 1. The number of fused-ring (bicyclic) bond motifs is 6. The Labute approximate surface area is 401 Å². The lowest BCUT2D eigenvalue weighted by Crippen LogP contribution is -2.35. The average molecular weight is 870 g/mol. The van der Waals surface area contributed by atoms with Crippen molar-refractivity contribution >= 4 is 17.1 Å². The maximum atomic E-state index is 6.24. The molecule has 12 rings (SSSR count). The minimum absolute atomic E-state index is 0.144. The van der Waals surface area contributed by atoms with Gasteiger partial charge in [0.1, 0.15) is 0 Å². The predicted molar refractivity (Wildman–Crippen MR) is 286 cm³/mol. The number of anilines is 3. The summed E-state index contributed by atoms with van der Waals surface area (Å²) < 4.78 is 0. The SMILES string of the molecule is C#Cc1c(-c2ccc(-c3ccc(N(c4ccc5c(c4)C(C)(C)c4ccccc4-5)c4ccc5c(c4)C(c4ccccc4)(C4C=CC=CC4)c4ccccc4-5)cc3)cc2)cccc1-c1ccccc1C. The molecule has 0 heterocycles. The standard InChI is InChI=1S/C67H51N/c1-5-54-56(27-18-28-57(54)55-24-13-12-19-45(55)2)48-33-31-46(32-34-48)47-35-37-51(38-36-47)68(52-39-41-60-58-25-14-16-29-62(58)66(3,4)64(60)43-52)53-40-42-61-59-26-15-17-30-63(59)67(65(61)44-53,49-20-8-6-9-21-49)50-22-10-7-11-23-50/h1,6-22,24-44,50H,23H2,2-4H3. The highest BCUT2D eigenvalue weighted by Gasteiger charge is 2.49. The minimum atomic E-state index is -0.378. The van der Waals surface area contributed by atoms with Gasteiger partial charge in [0.15, 0.2) is 0 Å². The molecular formula is C67H51N. The van der Waals surface area contributed by atoms with Crippen molar-refractivity contribution in [1.29, 1.82) is 0 Å². The summed E-state index contributed by atoms with van der Waals surface area (Å²) in [6, 6.07) is 76.4. The highest BCUT2D eigenvalue weighted by atomic mass is 15.1. The summed E-state index contributed by atoms with van der Waals surface area (Å²) in [6.07, 6.45) is 16.4. The molecule has 0 aromatic heterocycles. The van der Waals surface area contributed by atoms with Crippen molar-refractivity contribution in [2.24, 2.45) is 5.92 Å². The third kappa shape index (κ3) is 6.40. The monoisotopic (exact) mass is 869 g/mol. The van der Waals surface area contributed by atoms with E-state index in [1.165, 1.54) is 61.2 Å². The molecular weight excluding hydrogens is 819 g/mol. The first-order valence-electron chi connectivity index (χ1n) is 23.9. The topological polar surface area (TPSA) is 3.24 Å². The van der Waals surface area contributed by atoms with E-state index in [9.17, 15) is 0 Å². The third-order valence-electron chi connectivity index (χ3n) is 15.2. The number of benzene rings is 9. The second kappa shape index (κ2) is 16.3. The van der Waals surface area contributed by atoms with Gasteiger partial charge in [-0.2, -0.15) is 0 Å². The molecule has 2 unspecified atom stereocenters. The first-order chi connectivity index (χ1) is 33.4. The fraction of sp³-hybridized carbons (Fsp3) is 0.104. The van der Waals surface area contributed by atoms with Gasteiger partial charge in [-0.15, -0.1) is 6.42 Å². The Morgan fingerprint density at radius 3 is 1.66 bits per heavy atom. The van der Waals surface area contributed by atoms with E-state index in [-0.39, 0.29) is 16.7 Å². The van der Waals surface area contributed by atoms with Gasteiger partial charge in [-0.05, 0) is 145 Å². The van der Waals surface area contributed by atoms with Gasteiger partial charge in [-0.25, -0.2) is 0 Å². The molecule has 0 spiro atoms. The van der Waals surface area contributed by atoms with Crippen molar-refractivity contribution in [1.82, 2.24) is 0 Å². The number of nitrogens with zero attached hydrogens (tertiary/aromatic N) is 1. The molecule has 0 amide bonds. The summed E-state index contributed by atoms with van der Waals surface area (Å²) >= 11 is 0. The molecule has 324 valence electrons. The van der Waals surface area contributed by atoms with E-state index in [2.05, 4.69) is 262 Å². The molecule has 9 aromatic rings. The van der Waals surface area contributed by atoms with Crippen LogP contribution in [0.2, 0.25) is 0 Å². The van der Waals surface area contributed by atoms with Gasteiger partial charge in [0, 0.05) is 28.0 Å². The summed E-state index contributed by atoms with van der Waals surface area (Å²) in [5.41, 5.74) is 23.7. The third-order valence-corrected chi connectivity index (χ3v) is 15.2. The van der Waals surface area contributed by atoms with Crippen LogP contribution in [-0.4, -0.2) is 0 Å². The normalized spacial score (nSPS) is 16.9. The Morgan fingerprint density at radius 2 is 0.985 bits per heavy atom. The lowest BCUT2D eigenvalue weighted by Gasteiger charge is -2.40. The molecule has 1 heteroatoms. The van der Waals surface area contributed by atoms with Crippen LogP contribution in [0, 0.1) is 25.2 Å². The number of hydrogen-bond acceptors (Lipinski definition) is 1. The van der Waals surface area contributed by atoms with Gasteiger partial charge in [0.2, 0.25) is 0 Å². The van der Waals surface area contributed by atoms with E-state index in [0.717, 1.165) is 56.9 Å². The zero-order valence-corrected chi connectivity index (χ0v) is 38.7. The molecule has 1 nitrogen and oxygen atoms in total. The molecule has 0 fully saturated rings. The van der Waals surface area contributed by atoms with Crippen molar-refractivity contribution in [3.05, 3.63) is 270 Å². The number of rotatable bonds is 8. The molecule has 3 aliphatic rings. The van der Waals surface area contributed by atoms with Crippen LogP contribution in [0.3, 0.4) is 0 Å². The molecule has 0 N–H and O–H groups in total. The number of hydrogen-bond donors (Lipinski definition) is 0. The molecule has 68 heavy (non-hydrogen) atoms. The minimum Gasteiger partial charge on any atom is -0.310 e. The fourth-order valence-electron chi connectivity index (χ4n) is 11.9. The number of terminal acetylenes is 1. The van der Waals surface area contributed by atoms with Crippen LogP contribution >= 0.6 is 0 Å². The van der Waals surface area contributed by atoms with Crippen molar-refractivity contribution in [2.45, 2.75) is 38.0 Å². The first-order valence-corrected chi connectivity index (χ1v) is 23.9. The van der Waals surface area contributed by atoms with E-state index in [4.69, 9.17) is 6.42 Å². The van der Waals surface area contributed by atoms with Gasteiger partial charge in [-0.3, -0.25) is 0 Å². The van der Waals surface area contributed by atoms with Crippen LogP contribution in [0.5, 0.6) is 0 Å². The highest BCUT2D eigenvalue weighted by Crippen LogP contribution is 2.59. The van der Waals surface area contributed by atoms with E-state index in [0.29, 0.717) is 0 Å².